The molecule has 3 nitrogen and oxygen atoms in total. The van der Waals surface area contributed by atoms with E-state index in [-0.39, 0.29) is 0 Å². The molecule has 1 unspecified atom stereocenters. The molecule has 2 heterocycles. The van der Waals surface area contributed by atoms with Crippen LogP contribution in [-0.4, -0.2) is 31.6 Å². The fourth-order valence-corrected chi connectivity index (χ4v) is 6.86. The van der Waals surface area contributed by atoms with Gasteiger partial charge in [-0.3, -0.25) is 4.90 Å². The molecule has 0 amide bonds. The number of fused-ring (bicyclic) bond motifs is 2. The Labute approximate surface area is 228 Å². The molecule has 1 fully saturated rings. The van der Waals surface area contributed by atoms with Crippen LogP contribution in [0, 0.1) is 0 Å². The number of benzene rings is 3. The fraction of sp³-hybridized carbons (Fsp3) is 0.455. The Balaban J connectivity index is 0.925. The van der Waals surface area contributed by atoms with Crippen LogP contribution in [0.15, 0.2) is 82.6 Å². The quantitative estimate of drug-likeness (QED) is 0.211. The summed E-state index contributed by atoms with van der Waals surface area (Å²) >= 11 is 1.90. The zero-order valence-corrected chi connectivity index (χ0v) is 23.2. The lowest BCUT2D eigenvalue weighted by molar-refractivity contribution is 0.302. The number of hydrogen-bond donors (Lipinski definition) is 0. The van der Waals surface area contributed by atoms with Gasteiger partial charge >= 0.3 is 0 Å². The average Bonchev–Trinajstić information content (AvgIpc) is 3.37. The lowest BCUT2D eigenvalue weighted by atomic mass is 10.0. The van der Waals surface area contributed by atoms with Crippen LogP contribution in [0.4, 0.5) is 11.4 Å². The maximum absolute atomic E-state index is 6.00. The van der Waals surface area contributed by atoms with Gasteiger partial charge in [-0.1, -0.05) is 86.7 Å². The number of hydrogen-bond acceptors (Lipinski definition) is 4. The van der Waals surface area contributed by atoms with Crippen molar-refractivity contribution in [2.45, 2.75) is 80.0 Å². The molecule has 0 N–H and O–H groups in total. The van der Waals surface area contributed by atoms with Gasteiger partial charge in [0.2, 0.25) is 0 Å². The topological polar surface area (TPSA) is 15.7 Å². The molecule has 0 bridgehead atoms. The minimum atomic E-state index is 0.589. The molecular weight excluding hydrogens is 472 g/mol. The monoisotopic (exact) mass is 514 g/mol. The molecule has 2 aliphatic rings. The van der Waals surface area contributed by atoms with E-state index in [2.05, 4.69) is 89.6 Å². The van der Waals surface area contributed by atoms with E-state index in [4.69, 9.17) is 4.74 Å². The SMILES string of the molecule is CN1CCCC1c1ccc(OCCCCCCCCCCN2c3ccccc3Sc3ccccc32)cc1. The van der Waals surface area contributed by atoms with Crippen LogP contribution in [0.3, 0.4) is 0 Å². The Bertz CT molecular complexity index is 1070. The molecule has 3 aromatic carbocycles. The summed E-state index contributed by atoms with van der Waals surface area (Å²) in [5.41, 5.74) is 4.16. The number of nitrogens with zero attached hydrogens (tertiary/aromatic N) is 2. The lowest BCUT2D eigenvalue weighted by Gasteiger charge is -2.32. The van der Waals surface area contributed by atoms with Gasteiger partial charge in [-0.25, -0.2) is 0 Å². The first-order chi connectivity index (χ1) is 18.3. The summed E-state index contributed by atoms with van der Waals surface area (Å²) < 4.78 is 6.00. The molecule has 0 spiro atoms. The Morgan fingerprint density at radius 2 is 1.32 bits per heavy atom. The van der Waals surface area contributed by atoms with E-state index in [1.807, 2.05) is 11.8 Å². The molecule has 4 heteroatoms. The second-order valence-electron chi connectivity index (χ2n) is 10.6. The summed E-state index contributed by atoms with van der Waals surface area (Å²) in [5.74, 6) is 1.02. The first-order valence-corrected chi connectivity index (χ1v) is 15.2. The third-order valence-corrected chi connectivity index (χ3v) is 8.99. The van der Waals surface area contributed by atoms with Crippen molar-refractivity contribution in [2.75, 3.05) is 31.6 Å². The van der Waals surface area contributed by atoms with Gasteiger partial charge in [-0.2, -0.15) is 0 Å². The maximum Gasteiger partial charge on any atom is 0.119 e. The minimum absolute atomic E-state index is 0.589. The molecule has 0 aromatic heterocycles. The highest BCUT2D eigenvalue weighted by Gasteiger charge is 2.23. The molecule has 0 radical (unpaired) electrons. The largest absolute Gasteiger partial charge is 0.494 e. The molecule has 1 atom stereocenters. The van der Waals surface area contributed by atoms with Crippen molar-refractivity contribution in [3.63, 3.8) is 0 Å². The highest BCUT2D eigenvalue weighted by Crippen LogP contribution is 2.47. The van der Waals surface area contributed by atoms with Crippen LogP contribution < -0.4 is 9.64 Å². The predicted molar refractivity (Wildman–Crippen MR) is 157 cm³/mol. The molecule has 1 saturated heterocycles. The Kier molecular flexibility index (Phi) is 9.48. The Morgan fingerprint density at radius 3 is 1.95 bits per heavy atom. The van der Waals surface area contributed by atoms with Gasteiger partial charge in [0.1, 0.15) is 5.75 Å². The molecule has 37 heavy (non-hydrogen) atoms. The van der Waals surface area contributed by atoms with E-state index in [1.165, 1.54) is 91.1 Å². The molecule has 196 valence electrons. The van der Waals surface area contributed by atoms with Crippen molar-refractivity contribution in [2.24, 2.45) is 0 Å². The summed E-state index contributed by atoms with van der Waals surface area (Å²) in [7, 11) is 2.23. The first kappa shape index (κ1) is 26.2. The number of ether oxygens (including phenoxy) is 1. The third kappa shape index (κ3) is 6.91. The summed E-state index contributed by atoms with van der Waals surface area (Å²) in [6.07, 6.45) is 12.9. The Hall–Kier alpha value is -2.43. The second kappa shape index (κ2) is 13.4. The van der Waals surface area contributed by atoms with Crippen molar-refractivity contribution in [1.29, 1.82) is 0 Å². The average molecular weight is 515 g/mol. The van der Waals surface area contributed by atoms with E-state index in [0.717, 1.165) is 25.3 Å². The molecule has 5 rings (SSSR count). The third-order valence-electron chi connectivity index (χ3n) is 7.86. The second-order valence-corrected chi connectivity index (χ2v) is 11.7. The zero-order chi connectivity index (χ0) is 25.3. The van der Waals surface area contributed by atoms with Gasteiger partial charge in [0.25, 0.3) is 0 Å². The van der Waals surface area contributed by atoms with E-state index < -0.39 is 0 Å². The lowest BCUT2D eigenvalue weighted by Crippen LogP contribution is -2.21. The predicted octanol–water partition coefficient (Wildman–Crippen LogP) is 9.26. The van der Waals surface area contributed by atoms with Crippen LogP contribution >= 0.6 is 11.8 Å². The van der Waals surface area contributed by atoms with Crippen molar-refractivity contribution >= 4 is 23.1 Å². The van der Waals surface area contributed by atoms with Crippen LogP contribution in [0.5, 0.6) is 5.75 Å². The summed E-state index contributed by atoms with van der Waals surface area (Å²) in [5, 5.41) is 0. The molecule has 3 aromatic rings. The zero-order valence-electron chi connectivity index (χ0n) is 22.4. The summed E-state index contributed by atoms with van der Waals surface area (Å²) in [4.78, 5) is 7.74. The van der Waals surface area contributed by atoms with Crippen LogP contribution in [0.25, 0.3) is 0 Å². The molecular formula is C33H42N2OS. The summed E-state index contributed by atoms with van der Waals surface area (Å²) in [6, 6.07) is 27.1. The molecule has 2 aliphatic heterocycles. The maximum atomic E-state index is 6.00. The highest BCUT2D eigenvalue weighted by atomic mass is 32.2. The van der Waals surface area contributed by atoms with Crippen molar-refractivity contribution in [3.05, 3.63) is 78.4 Å². The number of rotatable bonds is 13. The first-order valence-electron chi connectivity index (χ1n) is 14.4. The van der Waals surface area contributed by atoms with E-state index >= 15 is 0 Å². The number of unbranched alkanes of at least 4 members (excludes halogenated alkanes) is 7. The van der Waals surface area contributed by atoms with Crippen LogP contribution in [0.1, 0.15) is 75.8 Å². The van der Waals surface area contributed by atoms with Crippen molar-refractivity contribution in [1.82, 2.24) is 4.90 Å². The van der Waals surface area contributed by atoms with Crippen LogP contribution in [0.2, 0.25) is 0 Å². The van der Waals surface area contributed by atoms with Crippen molar-refractivity contribution < 1.29 is 4.74 Å². The molecule has 0 aliphatic carbocycles. The highest BCUT2D eigenvalue weighted by molar-refractivity contribution is 7.99. The van der Waals surface area contributed by atoms with E-state index in [0.29, 0.717) is 6.04 Å². The Morgan fingerprint density at radius 1 is 0.730 bits per heavy atom. The van der Waals surface area contributed by atoms with E-state index in [1.54, 1.807) is 0 Å². The van der Waals surface area contributed by atoms with Gasteiger partial charge < -0.3 is 9.64 Å². The fourth-order valence-electron chi connectivity index (χ4n) is 5.76. The van der Waals surface area contributed by atoms with Gasteiger partial charge in [0, 0.05) is 22.4 Å². The molecule has 0 saturated carbocycles. The number of para-hydroxylation sites is 2. The smallest absolute Gasteiger partial charge is 0.119 e. The standard InChI is InChI=1S/C33H42N2OS/c1-34-24-14-17-29(34)27-20-22-28(23-21-27)36-26-13-7-5-3-2-4-6-12-25-35-30-15-8-10-18-32(30)37-33-19-11-9-16-31(33)35/h8-11,15-16,18-23,29H,2-7,12-14,17,24-26H2,1H3. The van der Waals surface area contributed by atoms with Crippen molar-refractivity contribution in [3.8, 4) is 5.75 Å². The summed E-state index contributed by atoms with van der Waals surface area (Å²) in [6.45, 7) is 3.15. The normalized spacial score (nSPS) is 17.0. The number of anilines is 2. The van der Waals surface area contributed by atoms with Gasteiger partial charge in [-0.15, -0.1) is 0 Å². The van der Waals surface area contributed by atoms with Gasteiger partial charge in [0.15, 0.2) is 0 Å². The van der Waals surface area contributed by atoms with Gasteiger partial charge in [-0.05, 0) is 81.2 Å². The van der Waals surface area contributed by atoms with E-state index in [9.17, 15) is 0 Å². The minimum Gasteiger partial charge on any atom is -0.494 e. The van der Waals surface area contributed by atoms with Gasteiger partial charge in [0.05, 0.1) is 18.0 Å². The number of likely N-dealkylation sites (tertiary alicyclic amines) is 1. The van der Waals surface area contributed by atoms with Crippen LogP contribution in [-0.2, 0) is 0 Å².